The van der Waals surface area contributed by atoms with Crippen LogP contribution in [0, 0.1) is 23.4 Å². The van der Waals surface area contributed by atoms with Gasteiger partial charge in [0.05, 0.1) is 34.9 Å². The maximum atomic E-state index is 15.4. The van der Waals surface area contributed by atoms with Crippen LogP contribution in [0.15, 0.2) is 66.9 Å². The number of nitrogens with zero attached hydrogens (tertiary/aromatic N) is 1. The van der Waals surface area contributed by atoms with Crippen molar-refractivity contribution < 1.29 is 37.4 Å². The molecule has 3 N–H and O–H groups in total. The van der Waals surface area contributed by atoms with E-state index in [1.54, 1.807) is 37.3 Å². The Balaban J connectivity index is 1.62. The molecule has 0 saturated carbocycles. The summed E-state index contributed by atoms with van der Waals surface area (Å²) in [4.78, 5) is 24.9. The van der Waals surface area contributed by atoms with Gasteiger partial charge in [-0.15, -0.1) is 0 Å². The highest BCUT2D eigenvalue weighted by atomic mass is 35.5. The van der Waals surface area contributed by atoms with Crippen molar-refractivity contribution in [2.24, 2.45) is 5.92 Å². The molecule has 3 aromatic carbocycles. The van der Waals surface area contributed by atoms with Crippen LogP contribution in [0.5, 0.6) is 0 Å². The van der Waals surface area contributed by atoms with Crippen LogP contribution in [-0.2, 0) is 9.53 Å². The van der Waals surface area contributed by atoms with Crippen molar-refractivity contribution in [3.8, 4) is 22.3 Å². The van der Waals surface area contributed by atoms with E-state index in [4.69, 9.17) is 11.6 Å². The minimum atomic E-state index is -0.945. The lowest BCUT2D eigenvalue weighted by atomic mass is 9.86. The minimum Gasteiger partial charge on any atom is -0.453 e. The predicted molar refractivity (Wildman–Crippen MR) is 156 cm³/mol. The molecule has 1 aromatic heterocycles. The number of hydrogen-bond acceptors (Lipinski definition) is 4. The molecule has 4 aromatic rings. The van der Waals surface area contributed by atoms with E-state index in [1.807, 2.05) is 0 Å². The van der Waals surface area contributed by atoms with Gasteiger partial charge in [0.15, 0.2) is 5.82 Å². The topological polar surface area (TPSA) is 91.5 Å². The fraction of sp³-hybridized carbons (Fsp3) is 0.219. The van der Waals surface area contributed by atoms with Gasteiger partial charge < -0.3 is 10.1 Å². The first-order chi connectivity index (χ1) is 20.6. The van der Waals surface area contributed by atoms with Gasteiger partial charge in [-0.25, -0.2) is 18.0 Å². The highest BCUT2D eigenvalue weighted by Gasteiger charge is 2.29. The van der Waals surface area contributed by atoms with Crippen LogP contribution in [0.4, 0.5) is 29.3 Å². The van der Waals surface area contributed by atoms with E-state index in [-0.39, 0.29) is 27.6 Å². The summed E-state index contributed by atoms with van der Waals surface area (Å²) < 4.78 is 50.1. The zero-order chi connectivity index (χ0) is 30.8. The number of nitrogens with one attached hydrogen (secondary N) is 2. The average molecular weight is 611 g/mol. The normalized spacial score (nSPS) is 16.7. The number of rotatable bonds is 3. The molecule has 2 heterocycles. The van der Waals surface area contributed by atoms with Gasteiger partial charge in [-0.1, -0.05) is 37.1 Å². The highest BCUT2D eigenvalue weighted by Crippen LogP contribution is 2.38. The average Bonchev–Trinajstić information content (AvgIpc) is 2.98. The highest BCUT2D eigenvalue weighted by molar-refractivity contribution is 6.31. The van der Waals surface area contributed by atoms with E-state index in [2.05, 4.69) is 15.4 Å². The van der Waals surface area contributed by atoms with E-state index < -0.39 is 35.4 Å². The van der Waals surface area contributed by atoms with Crippen molar-refractivity contribution in [1.29, 1.82) is 0 Å². The van der Waals surface area contributed by atoms with E-state index in [0.29, 0.717) is 47.5 Å². The maximum absolute atomic E-state index is 15.4. The zero-order valence-corrected chi connectivity index (χ0v) is 24.0. The van der Waals surface area contributed by atoms with E-state index in [0.717, 1.165) is 16.9 Å². The van der Waals surface area contributed by atoms with Crippen LogP contribution >= 0.6 is 11.6 Å². The Kier molecular flexibility index (Phi) is 8.59. The second-order valence-corrected chi connectivity index (χ2v) is 10.8. The molecular formula is C32H28ClF3N3O4+. The number of anilines is 2. The van der Waals surface area contributed by atoms with Gasteiger partial charge in [0.1, 0.15) is 11.6 Å². The monoisotopic (exact) mass is 610 g/mol. The number of amides is 2. The summed E-state index contributed by atoms with van der Waals surface area (Å²) >= 11 is 5.87. The van der Waals surface area contributed by atoms with Crippen molar-refractivity contribution in [2.75, 3.05) is 17.7 Å². The lowest BCUT2D eigenvalue weighted by Gasteiger charge is -2.21. The molecule has 0 fully saturated rings. The maximum Gasteiger partial charge on any atom is 0.411 e. The fourth-order valence-corrected chi connectivity index (χ4v) is 5.47. The first-order valence-electron chi connectivity index (χ1n) is 13.6. The third-order valence-corrected chi connectivity index (χ3v) is 7.91. The number of ether oxygens (including phenoxy) is 1. The third kappa shape index (κ3) is 6.15. The summed E-state index contributed by atoms with van der Waals surface area (Å²) in [5.41, 5.74) is 1.99. The van der Waals surface area contributed by atoms with Crippen molar-refractivity contribution in [3.63, 3.8) is 0 Å². The Morgan fingerprint density at radius 3 is 2.53 bits per heavy atom. The molecule has 0 saturated heterocycles. The number of carbonyl (C=O) groups is 2. The first-order valence-corrected chi connectivity index (χ1v) is 13.9. The molecule has 2 unspecified atom stereocenters. The smallest absolute Gasteiger partial charge is 0.411 e. The van der Waals surface area contributed by atoms with Crippen molar-refractivity contribution in [3.05, 3.63) is 101 Å². The molecule has 11 heteroatoms. The molecule has 43 heavy (non-hydrogen) atoms. The number of carbonyl (C=O) groups excluding carboxylic acids is 2. The number of methoxy groups -OCH3 is 1. The van der Waals surface area contributed by atoms with Gasteiger partial charge in [0.2, 0.25) is 17.8 Å². The van der Waals surface area contributed by atoms with Crippen LogP contribution in [0.2, 0.25) is 5.02 Å². The van der Waals surface area contributed by atoms with E-state index >= 15 is 4.39 Å². The van der Waals surface area contributed by atoms with Gasteiger partial charge >= 0.3 is 6.09 Å². The van der Waals surface area contributed by atoms with Gasteiger partial charge in [0, 0.05) is 33.5 Å². The zero-order valence-electron chi connectivity index (χ0n) is 23.3. The fourth-order valence-electron chi connectivity index (χ4n) is 5.31. The molecule has 1 aliphatic rings. The minimum absolute atomic E-state index is 0.0762. The molecule has 2 amide bonds. The lowest BCUT2D eigenvalue weighted by molar-refractivity contribution is -0.909. The standard InChI is InChI=1S/C32H27ClF3N3O4/c1-17-4-3-5-21(28-13-7-19(16-39(28)42)29-26(35)12-10-24(33)30(29)36)18-6-11-25(34)23(14-18)22-9-8-20(37-32(41)43-2)15-27(22)38-31(17)40/h6-17,21H,3-5H2,1-2H3,(H2-,37,38,40,41,42)/p+1. The molecule has 5 rings (SSSR count). The first kappa shape index (κ1) is 29.9. The molecular weight excluding hydrogens is 583 g/mol. The summed E-state index contributed by atoms with van der Waals surface area (Å²) in [6.45, 7) is 1.78. The van der Waals surface area contributed by atoms with Crippen LogP contribution < -0.4 is 15.4 Å². The molecule has 2 atom stereocenters. The summed E-state index contributed by atoms with van der Waals surface area (Å²) in [7, 11) is 1.22. The Morgan fingerprint density at radius 2 is 1.79 bits per heavy atom. The number of halogens is 4. The second-order valence-electron chi connectivity index (χ2n) is 10.4. The van der Waals surface area contributed by atoms with E-state index in [1.165, 1.54) is 31.5 Å². The van der Waals surface area contributed by atoms with Crippen molar-refractivity contribution in [2.45, 2.75) is 32.1 Å². The summed E-state index contributed by atoms with van der Waals surface area (Å²) in [5.74, 6) is -3.48. The molecule has 0 aliphatic carbocycles. The van der Waals surface area contributed by atoms with Crippen LogP contribution in [0.25, 0.3) is 22.3 Å². The number of pyridine rings is 1. The van der Waals surface area contributed by atoms with E-state index in [9.17, 15) is 23.6 Å². The Bertz CT molecular complexity index is 1730. The number of aromatic nitrogens is 1. The van der Waals surface area contributed by atoms with Gasteiger partial charge in [-0.05, 0) is 60.9 Å². The lowest BCUT2D eigenvalue weighted by Crippen LogP contribution is -2.37. The summed E-state index contributed by atoms with van der Waals surface area (Å²) in [5, 5.41) is 16.2. The molecule has 0 spiro atoms. The van der Waals surface area contributed by atoms with Crippen molar-refractivity contribution in [1.82, 2.24) is 0 Å². The quantitative estimate of drug-likeness (QED) is 0.126. The Morgan fingerprint density at radius 1 is 1.02 bits per heavy atom. The summed E-state index contributed by atoms with van der Waals surface area (Å²) in [6, 6.07) is 14.5. The molecule has 7 nitrogen and oxygen atoms in total. The molecule has 222 valence electrons. The van der Waals surface area contributed by atoms with Gasteiger partial charge in [0.25, 0.3) is 0 Å². The van der Waals surface area contributed by atoms with Crippen LogP contribution in [0.1, 0.15) is 43.4 Å². The number of benzene rings is 3. The molecule has 0 radical (unpaired) electrons. The van der Waals surface area contributed by atoms with Gasteiger partial charge in [-0.2, -0.15) is 0 Å². The third-order valence-electron chi connectivity index (χ3n) is 7.62. The summed E-state index contributed by atoms with van der Waals surface area (Å²) in [6.07, 6.45) is 2.07. The largest absolute Gasteiger partial charge is 0.453 e. The van der Waals surface area contributed by atoms with Gasteiger partial charge in [-0.3, -0.25) is 15.3 Å². The second kappa shape index (κ2) is 12.3. The molecule has 1 aliphatic heterocycles. The van der Waals surface area contributed by atoms with Crippen molar-refractivity contribution >= 4 is 35.0 Å². The number of fused-ring (bicyclic) bond motifs is 4. The predicted octanol–water partition coefficient (Wildman–Crippen LogP) is 7.68. The van der Waals surface area contributed by atoms with Crippen LogP contribution in [0.3, 0.4) is 0 Å². The number of hydrogen-bond donors (Lipinski definition) is 3. The molecule has 2 bridgehead atoms. The Hall–Kier alpha value is -4.57. The van der Waals surface area contributed by atoms with Crippen LogP contribution in [-0.4, -0.2) is 24.3 Å². The Labute approximate surface area is 250 Å². The SMILES string of the molecule is COC(=O)Nc1ccc2c(c1)NC(=O)C(C)CCCC(c1ccc(-c3c(F)ccc(Cl)c3F)c[n+]1O)c1ccc(F)c-2c1.